The van der Waals surface area contributed by atoms with E-state index in [9.17, 15) is 4.79 Å². The highest BCUT2D eigenvalue weighted by Crippen LogP contribution is 2.12. The first-order valence-corrected chi connectivity index (χ1v) is 6.32. The molecule has 2 aromatic carbocycles. The Bertz CT molecular complexity index is 602. The van der Waals surface area contributed by atoms with Crippen molar-refractivity contribution >= 4 is 29.3 Å². The lowest BCUT2D eigenvalue weighted by Crippen LogP contribution is -2.07. The predicted octanol–water partition coefficient (Wildman–Crippen LogP) is 4.30. The van der Waals surface area contributed by atoms with E-state index in [2.05, 4.69) is 5.32 Å². The summed E-state index contributed by atoms with van der Waals surface area (Å²) in [7, 11) is 0. The number of nitrogens with one attached hydrogen (secondary N) is 1. The third-order valence-electron chi connectivity index (χ3n) is 2.59. The van der Waals surface area contributed by atoms with Gasteiger partial charge in [0.2, 0.25) is 5.91 Å². The zero-order chi connectivity index (χ0) is 13.7. The van der Waals surface area contributed by atoms with E-state index in [-0.39, 0.29) is 5.91 Å². The fourth-order valence-electron chi connectivity index (χ4n) is 1.60. The summed E-state index contributed by atoms with van der Waals surface area (Å²) in [6.07, 6.45) is 3.22. The topological polar surface area (TPSA) is 29.1 Å². The van der Waals surface area contributed by atoms with Crippen molar-refractivity contribution in [3.63, 3.8) is 0 Å². The van der Waals surface area contributed by atoms with Crippen molar-refractivity contribution in [2.45, 2.75) is 6.92 Å². The molecule has 2 nitrogen and oxygen atoms in total. The van der Waals surface area contributed by atoms with Gasteiger partial charge in [0.05, 0.1) is 0 Å². The van der Waals surface area contributed by atoms with Gasteiger partial charge in [-0.15, -0.1) is 0 Å². The lowest BCUT2D eigenvalue weighted by molar-refractivity contribution is -0.111. The van der Waals surface area contributed by atoms with Crippen molar-refractivity contribution < 1.29 is 4.79 Å². The molecule has 2 rings (SSSR count). The van der Waals surface area contributed by atoms with Gasteiger partial charge < -0.3 is 5.32 Å². The Hall–Kier alpha value is -2.06. The van der Waals surface area contributed by atoms with E-state index in [4.69, 9.17) is 11.6 Å². The molecule has 0 unspecified atom stereocenters. The van der Waals surface area contributed by atoms with Gasteiger partial charge in [0.15, 0.2) is 0 Å². The molecule has 0 bridgehead atoms. The first-order valence-electron chi connectivity index (χ1n) is 5.95. The third kappa shape index (κ3) is 4.27. The number of amides is 1. The molecule has 96 valence electrons. The van der Waals surface area contributed by atoms with Gasteiger partial charge in [0, 0.05) is 16.8 Å². The summed E-state index contributed by atoms with van der Waals surface area (Å²) in [4.78, 5) is 11.7. The van der Waals surface area contributed by atoms with Crippen LogP contribution < -0.4 is 5.32 Å². The van der Waals surface area contributed by atoms with Crippen LogP contribution in [0.15, 0.2) is 54.6 Å². The Kier molecular flexibility index (Phi) is 4.37. The number of carbonyl (C=O) groups is 1. The van der Waals surface area contributed by atoms with Gasteiger partial charge in [0.1, 0.15) is 0 Å². The minimum atomic E-state index is -0.163. The molecule has 3 heteroatoms. The lowest BCUT2D eigenvalue weighted by atomic mass is 10.2. The predicted molar refractivity (Wildman–Crippen MR) is 80.3 cm³/mol. The molecule has 0 aliphatic rings. The highest BCUT2D eigenvalue weighted by molar-refractivity contribution is 6.30. The number of halogens is 1. The van der Waals surface area contributed by atoms with Gasteiger partial charge in [0.25, 0.3) is 0 Å². The van der Waals surface area contributed by atoms with Crippen molar-refractivity contribution in [2.75, 3.05) is 5.32 Å². The summed E-state index contributed by atoms with van der Waals surface area (Å²) >= 11 is 5.87. The van der Waals surface area contributed by atoms with Crippen LogP contribution >= 0.6 is 11.6 Å². The van der Waals surface area contributed by atoms with E-state index >= 15 is 0 Å². The molecule has 1 amide bonds. The Labute approximate surface area is 117 Å². The van der Waals surface area contributed by atoms with Crippen LogP contribution in [0.1, 0.15) is 11.1 Å². The number of anilines is 1. The van der Waals surface area contributed by atoms with Gasteiger partial charge in [-0.1, -0.05) is 41.4 Å². The Morgan fingerprint density at radius 1 is 1.16 bits per heavy atom. The standard InChI is InChI=1S/C16H14ClNO/c1-12-5-8-15(9-6-12)18-16(19)10-7-13-3-2-4-14(17)11-13/h2-11H,1H3,(H,18,19)/b10-7+. The molecular weight excluding hydrogens is 258 g/mol. The molecule has 1 N–H and O–H groups in total. The van der Waals surface area contributed by atoms with Gasteiger partial charge in [-0.25, -0.2) is 0 Å². The highest BCUT2D eigenvalue weighted by atomic mass is 35.5. The molecule has 0 spiro atoms. The number of aryl methyl sites for hydroxylation is 1. The first kappa shape index (κ1) is 13.4. The van der Waals surface area contributed by atoms with Crippen molar-refractivity contribution in [1.29, 1.82) is 0 Å². The Morgan fingerprint density at radius 3 is 2.58 bits per heavy atom. The van der Waals surface area contributed by atoms with Gasteiger partial charge >= 0.3 is 0 Å². The molecule has 0 fully saturated rings. The summed E-state index contributed by atoms with van der Waals surface area (Å²) in [6, 6.07) is 15.0. The van der Waals surface area contributed by atoms with E-state index in [1.807, 2.05) is 43.3 Å². The minimum absolute atomic E-state index is 0.163. The molecule has 0 aliphatic heterocycles. The molecular formula is C16H14ClNO. The van der Waals surface area contributed by atoms with Crippen LogP contribution in [0.3, 0.4) is 0 Å². The summed E-state index contributed by atoms with van der Waals surface area (Å²) in [6.45, 7) is 2.00. The molecule has 0 saturated carbocycles. The van der Waals surface area contributed by atoms with E-state index < -0.39 is 0 Å². The van der Waals surface area contributed by atoms with Gasteiger partial charge in [-0.2, -0.15) is 0 Å². The van der Waals surface area contributed by atoms with E-state index in [1.165, 1.54) is 6.08 Å². The number of rotatable bonds is 3. The highest BCUT2D eigenvalue weighted by Gasteiger charge is 1.97. The van der Waals surface area contributed by atoms with Crippen LogP contribution in [-0.2, 0) is 4.79 Å². The Balaban J connectivity index is 1.99. The maximum atomic E-state index is 11.7. The van der Waals surface area contributed by atoms with Gasteiger partial charge in [-0.3, -0.25) is 4.79 Å². The number of hydrogen-bond acceptors (Lipinski definition) is 1. The van der Waals surface area contributed by atoms with Crippen LogP contribution in [-0.4, -0.2) is 5.91 Å². The Morgan fingerprint density at radius 2 is 1.89 bits per heavy atom. The second-order valence-corrected chi connectivity index (χ2v) is 4.68. The molecule has 0 radical (unpaired) electrons. The van der Waals surface area contributed by atoms with Crippen molar-refractivity contribution in [3.8, 4) is 0 Å². The second kappa shape index (κ2) is 6.21. The summed E-state index contributed by atoms with van der Waals surface area (Å²) in [5.74, 6) is -0.163. The molecule has 0 aromatic heterocycles. The van der Waals surface area contributed by atoms with Gasteiger partial charge in [-0.05, 0) is 42.8 Å². The van der Waals surface area contributed by atoms with E-state index in [0.29, 0.717) is 5.02 Å². The van der Waals surface area contributed by atoms with Crippen LogP contribution in [0.2, 0.25) is 5.02 Å². The third-order valence-corrected chi connectivity index (χ3v) is 2.83. The molecule has 19 heavy (non-hydrogen) atoms. The lowest BCUT2D eigenvalue weighted by Gasteiger charge is -2.02. The van der Waals surface area contributed by atoms with E-state index in [1.54, 1.807) is 18.2 Å². The minimum Gasteiger partial charge on any atom is -0.323 e. The number of hydrogen-bond donors (Lipinski definition) is 1. The monoisotopic (exact) mass is 271 g/mol. The molecule has 0 heterocycles. The maximum absolute atomic E-state index is 11.7. The van der Waals surface area contributed by atoms with Crippen LogP contribution in [0.25, 0.3) is 6.08 Å². The smallest absolute Gasteiger partial charge is 0.248 e. The fourth-order valence-corrected chi connectivity index (χ4v) is 1.80. The molecule has 0 atom stereocenters. The average Bonchev–Trinajstić information content (AvgIpc) is 2.39. The van der Waals surface area contributed by atoms with Crippen molar-refractivity contribution in [2.24, 2.45) is 0 Å². The molecule has 0 aliphatic carbocycles. The summed E-state index contributed by atoms with van der Waals surface area (Å²) in [5.41, 5.74) is 2.84. The van der Waals surface area contributed by atoms with E-state index in [0.717, 1.165) is 16.8 Å². The number of carbonyl (C=O) groups excluding carboxylic acids is 1. The second-order valence-electron chi connectivity index (χ2n) is 4.24. The van der Waals surface area contributed by atoms with Crippen molar-refractivity contribution in [1.82, 2.24) is 0 Å². The first-order chi connectivity index (χ1) is 9.13. The van der Waals surface area contributed by atoms with Crippen LogP contribution in [0.5, 0.6) is 0 Å². The SMILES string of the molecule is Cc1ccc(NC(=O)/C=C/c2cccc(Cl)c2)cc1. The van der Waals surface area contributed by atoms with Crippen molar-refractivity contribution in [3.05, 3.63) is 70.8 Å². The fraction of sp³-hybridized carbons (Fsp3) is 0.0625. The largest absolute Gasteiger partial charge is 0.323 e. The average molecular weight is 272 g/mol. The molecule has 0 saturated heterocycles. The summed E-state index contributed by atoms with van der Waals surface area (Å²) < 4.78 is 0. The normalized spacial score (nSPS) is 10.6. The molecule has 2 aromatic rings. The maximum Gasteiger partial charge on any atom is 0.248 e. The zero-order valence-corrected chi connectivity index (χ0v) is 11.3. The zero-order valence-electron chi connectivity index (χ0n) is 10.6. The van der Waals surface area contributed by atoms with Crippen LogP contribution in [0, 0.1) is 6.92 Å². The summed E-state index contributed by atoms with van der Waals surface area (Å²) in [5, 5.41) is 3.45. The van der Waals surface area contributed by atoms with Crippen LogP contribution in [0.4, 0.5) is 5.69 Å². The quantitative estimate of drug-likeness (QED) is 0.829. The number of benzene rings is 2.